The van der Waals surface area contributed by atoms with E-state index in [1.807, 2.05) is 32.0 Å². The molecule has 0 saturated heterocycles. The molecule has 21 heavy (non-hydrogen) atoms. The van der Waals surface area contributed by atoms with Gasteiger partial charge < -0.3 is 4.74 Å². The third-order valence-electron chi connectivity index (χ3n) is 3.45. The predicted molar refractivity (Wildman–Crippen MR) is 81.4 cm³/mol. The van der Waals surface area contributed by atoms with Gasteiger partial charge >= 0.3 is 0 Å². The van der Waals surface area contributed by atoms with Gasteiger partial charge in [-0.1, -0.05) is 32.9 Å². The van der Waals surface area contributed by atoms with E-state index >= 15 is 0 Å². The topological polar surface area (TPSA) is 58.8 Å². The Balaban J connectivity index is 2.40. The zero-order valence-corrected chi connectivity index (χ0v) is 13.1. The lowest BCUT2D eigenvalue weighted by Gasteiger charge is -2.19. The van der Waals surface area contributed by atoms with Crippen molar-refractivity contribution in [2.24, 2.45) is 0 Å². The summed E-state index contributed by atoms with van der Waals surface area (Å²) in [5.74, 6) is 0.920. The van der Waals surface area contributed by atoms with E-state index in [-0.39, 0.29) is 11.3 Å². The smallest absolute Gasteiger partial charge is 0.257 e. The van der Waals surface area contributed by atoms with E-state index < -0.39 is 0 Å². The van der Waals surface area contributed by atoms with Crippen LogP contribution < -0.4 is 4.74 Å². The summed E-state index contributed by atoms with van der Waals surface area (Å²) >= 11 is 0. The minimum atomic E-state index is 0.0340. The Hall–Kier alpha value is -2.41. The Morgan fingerprint density at radius 1 is 1.14 bits per heavy atom. The van der Waals surface area contributed by atoms with Gasteiger partial charge in [0.1, 0.15) is 17.4 Å². The molecule has 1 heterocycles. The zero-order valence-electron chi connectivity index (χ0n) is 13.1. The summed E-state index contributed by atoms with van der Waals surface area (Å²) in [6, 6.07) is 9.97. The fourth-order valence-electron chi connectivity index (χ4n) is 1.93. The van der Waals surface area contributed by atoms with Crippen molar-refractivity contribution in [1.82, 2.24) is 10.2 Å². The Labute approximate surface area is 125 Å². The molecule has 0 amide bonds. The highest BCUT2D eigenvalue weighted by Crippen LogP contribution is 2.29. The molecule has 0 fully saturated rings. The maximum Gasteiger partial charge on any atom is 0.257 e. The summed E-state index contributed by atoms with van der Waals surface area (Å²) < 4.78 is 5.78. The monoisotopic (exact) mass is 281 g/mol. The largest absolute Gasteiger partial charge is 0.437 e. The summed E-state index contributed by atoms with van der Waals surface area (Å²) in [5, 5.41) is 17.3. The van der Waals surface area contributed by atoms with E-state index in [0.717, 1.165) is 16.8 Å². The molecule has 0 bridgehead atoms. The SMILES string of the molecule is Cc1nnc(Oc2cccc(C(C)(C)C)c2)c(C#N)c1C. The van der Waals surface area contributed by atoms with Gasteiger partial charge in [0.05, 0.1) is 5.69 Å². The van der Waals surface area contributed by atoms with Crippen molar-refractivity contribution in [1.29, 1.82) is 5.26 Å². The average Bonchev–Trinajstić information content (AvgIpc) is 2.43. The number of nitriles is 1. The molecule has 0 saturated carbocycles. The molecule has 4 heteroatoms. The molecule has 0 radical (unpaired) electrons. The van der Waals surface area contributed by atoms with E-state index in [1.54, 1.807) is 0 Å². The molecule has 0 spiro atoms. The van der Waals surface area contributed by atoms with Gasteiger partial charge in [-0.05, 0) is 42.5 Å². The molecule has 0 unspecified atom stereocenters. The number of aromatic nitrogens is 2. The lowest BCUT2D eigenvalue weighted by molar-refractivity contribution is 0.449. The molecule has 108 valence electrons. The Bertz CT molecular complexity index is 709. The summed E-state index contributed by atoms with van der Waals surface area (Å²) in [6.07, 6.45) is 0. The molecule has 0 N–H and O–H groups in total. The Kier molecular flexibility index (Phi) is 3.95. The van der Waals surface area contributed by atoms with Gasteiger partial charge in [-0.2, -0.15) is 10.4 Å². The van der Waals surface area contributed by atoms with Crippen LogP contribution in [0.3, 0.4) is 0 Å². The highest BCUT2D eigenvalue weighted by atomic mass is 16.5. The lowest BCUT2D eigenvalue weighted by atomic mass is 9.87. The minimum Gasteiger partial charge on any atom is -0.437 e. The zero-order chi connectivity index (χ0) is 15.6. The van der Waals surface area contributed by atoms with E-state index in [4.69, 9.17) is 4.74 Å². The van der Waals surface area contributed by atoms with Crippen molar-refractivity contribution in [3.8, 4) is 17.7 Å². The van der Waals surface area contributed by atoms with Gasteiger partial charge in [-0.15, -0.1) is 5.10 Å². The van der Waals surface area contributed by atoms with Crippen LogP contribution >= 0.6 is 0 Å². The lowest BCUT2D eigenvalue weighted by Crippen LogP contribution is -2.10. The van der Waals surface area contributed by atoms with Crippen LogP contribution in [0.15, 0.2) is 24.3 Å². The van der Waals surface area contributed by atoms with Crippen LogP contribution in [0.5, 0.6) is 11.6 Å². The molecular formula is C17H19N3O. The first-order valence-corrected chi connectivity index (χ1v) is 6.85. The highest BCUT2D eigenvalue weighted by molar-refractivity contribution is 5.47. The van der Waals surface area contributed by atoms with Gasteiger partial charge in [0, 0.05) is 0 Å². The fraction of sp³-hybridized carbons (Fsp3) is 0.353. The van der Waals surface area contributed by atoms with Crippen LogP contribution in [-0.4, -0.2) is 10.2 Å². The average molecular weight is 281 g/mol. The number of aryl methyl sites for hydroxylation is 1. The number of hydrogen-bond acceptors (Lipinski definition) is 4. The Morgan fingerprint density at radius 2 is 1.86 bits per heavy atom. The number of rotatable bonds is 2. The quantitative estimate of drug-likeness (QED) is 0.833. The van der Waals surface area contributed by atoms with Crippen molar-refractivity contribution in [3.63, 3.8) is 0 Å². The fourth-order valence-corrected chi connectivity index (χ4v) is 1.93. The van der Waals surface area contributed by atoms with Crippen LogP contribution in [0.4, 0.5) is 0 Å². The van der Waals surface area contributed by atoms with Crippen LogP contribution in [0.2, 0.25) is 0 Å². The molecule has 0 atom stereocenters. The maximum atomic E-state index is 9.29. The van der Waals surface area contributed by atoms with Crippen molar-refractivity contribution in [3.05, 3.63) is 46.6 Å². The van der Waals surface area contributed by atoms with E-state index in [0.29, 0.717) is 11.3 Å². The molecule has 0 aliphatic rings. The second-order valence-corrected chi connectivity index (χ2v) is 6.08. The number of nitrogens with zero attached hydrogens (tertiary/aromatic N) is 3. The summed E-state index contributed by atoms with van der Waals surface area (Å²) in [4.78, 5) is 0. The first kappa shape index (κ1) is 15.0. The second kappa shape index (κ2) is 5.53. The standard InChI is InChI=1S/C17H19N3O/c1-11-12(2)19-20-16(15(11)10-18)21-14-8-6-7-13(9-14)17(3,4)5/h6-9H,1-5H3. The minimum absolute atomic E-state index is 0.0340. The molecule has 2 aromatic rings. The van der Waals surface area contributed by atoms with Gasteiger partial charge in [0.2, 0.25) is 0 Å². The van der Waals surface area contributed by atoms with Crippen LogP contribution in [0.25, 0.3) is 0 Å². The molecular weight excluding hydrogens is 262 g/mol. The molecule has 0 aliphatic heterocycles. The van der Waals surface area contributed by atoms with Gasteiger partial charge in [0.25, 0.3) is 5.88 Å². The van der Waals surface area contributed by atoms with Gasteiger partial charge in [-0.25, -0.2) is 0 Å². The predicted octanol–water partition coefficient (Wildman–Crippen LogP) is 4.05. The van der Waals surface area contributed by atoms with Crippen LogP contribution in [-0.2, 0) is 5.41 Å². The molecule has 1 aromatic heterocycles. The third kappa shape index (κ3) is 3.19. The van der Waals surface area contributed by atoms with Crippen molar-refractivity contribution in [2.45, 2.75) is 40.0 Å². The molecule has 4 nitrogen and oxygen atoms in total. The summed E-state index contributed by atoms with van der Waals surface area (Å²) in [7, 11) is 0. The summed E-state index contributed by atoms with van der Waals surface area (Å²) in [5.41, 5.74) is 3.17. The number of ether oxygens (including phenoxy) is 1. The highest BCUT2D eigenvalue weighted by Gasteiger charge is 2.16. The van der Waals surface area contributed by atoms with E-state index in [1.165, 1.54) is 0 Å². The molecule has 1 aromatic carbocycles. The maximum absolute atomic E-state index is 9.29. The molecule has 0 aliphatic carbocycles. The summed E-state index contributed by atoms with van der Waals surface area (Å²) in [6.45, 7) is 10.1. The van der Waals surface area contributed by atoms with Crippen LogP contribution in [0.1, 0.15) is 43.2 Å². The Morgan fingerprint density at radius 3 is 2.48 bits per heavy atom. The number of hydrogen-bond donors (Lipinski definition) is 0. The second-order valence-electron chi connectivity index (χ2n) is 6.08. The van der Waals surface area contributed by atoms with E-state index in [2.05, 4.69) is 43.1 Å². The molecule has 2 rings (SSSR count). The van der Waals surface area contributed by atoms with Gasteiger partial charge in [0.15, 0.2) is 0 Å². The normalized spacial score (nSPS) is 11.0. The van der Waals surface area contributed by atoms with Crippen LogP contribution in [0, 0.1) is 25.2 Å². The van der Waals surface area contributed by atoms with Gasteiger partial charge in [-0.3, -0.25) is 0 Å². The van der Waals surface area contributed by atoms with E-state index in [9.17, 15) is 5.26 Å². The van der Waals surface area contributed by atoms with Crippen molar-refractivity contribution >= 4 is 0 Å². The third-order valence-corrected chi connectivity index (χ3v) is 3.45. The first-order chi connectivity index (χ1) is 9.82. The first-order valence-electron chi connectivity index (χ1n) is 6.85. The number of benzene rings is 1. The van der Waals surface area contributed by atoms with Crippen molar-refractivity contribution in [2.75, 3.05) is 0 Å². The van der Waals surface area contributed by atoms with Crippen molar-refractivity contribution < 1.29 is 4.74 Å².